The third-order valence-electron chi connectivity index (χ3n) is 4.87. The Morgan fingerprint density at radius 1 is 1.00 bits per heavy atom. The van der Waals surface area contributed by atoms with Gasteiger partial charge in [-0.25, -0.2) is 4.68 Å². The van der Waals surface area contributed by atoms with E-state index in [-0.39, 0.29) is 24.5 Å². The summed E-state index contributed by atoms with van der Waals surface area (Å²) < 4.78 is 12.9. The predicted molar refractivity (Wildman–Crippen MR) is 117 cm³/mol. The molecule has 2 aromatic carbocycles. The number of nitrogens with zero attached hydrogens (tertiary/aromatic N) is 2. The van der Waals surface area contributed by atoms with Crippen molar-refractivity contribution >= 4 is 33.1 Å². The van der Waals surface area contributed by atoms with Crippen molar-refractivity contribution in [3.8, 4) is 22.8 Å². The molecule has 6 nitrogen and oxygen atoms in total. The Bertz CT molecular complexity index is 1220. The summed E-state index contributed by atoms with van der Waals surface area (Å²) in [6.45, 7) is 0. The number of methoxy groups -OCH3 is 2. The van der Waals surface area contributed by atoms with Gasteiger partial charge in [-0.2, -0.15) is 5.10 Å². The molecule has 7 heteroatoms. The zero-order valence-electron chi connectivity index (χ0n) is 16.6. The van der Waals surface area contributed by atoms with Gasteiger partial charge < -0.3 is 9.47 Å². The number of hydrogen-bond donors (Lipinski definition) is 0. The van der Waals surface area contributed by atoms with Gasteiger partial charge in [-0.15, -0.1) is 11.3 Å². The van der Waals surface area contributed by atoms with Gasteiger partial charge in [0.1, 0.15) is 0 Å². The van der Waals surface area contributed by atoms with Crippen molar-refractivity contribution in [2.45, 2.75) is 12.8 Å². The number of carbonyl (C=O) groups is 2. The van der Waals surface area contributed by atoms with Gasteiger partial charge in [-0.3, -0.25) is 9.59 Å². The van der Waals surface area contributed by atoms with E-state index in [1.165, 1.54) is 23.6 Å². The number of ether oxygens (including phenoxy) is 2. The molecule has 4 rings (SSSR count). The molecule has 4 aromatic rings. The van der Waals surface area contributed by atoms with Crippen LogP contribution in [0.3, 0.4) is 0 Å². The minimum Gasteiger partial charge on any atom is -0.493 e. The van der Waals surface area contributed by atoms with Crippen molar-refractivity contribution in [1.29, 1.82) is 0 Å². The van der Waals surface area contributed by atoms with Gasteiger partial charge in [0.05, 0.1) is 19.9 Å². The maximum atomic E-state index is 12.6. The Hall–Kier alpha value is -3.45. The molecule has 0 spiro atoms. The highest BCUT2D eigenvalue weighted by Gasteiger charge is 2.15. The monoisotopic (exact) mass is 420 g/mol. The highest BCUT2D eigenvalue weighted by molar-refractivity contribution is 7.17. The first kappa shape index (κ1) is 19.8. The first-order valence-corrected chi connectivity index (χ1v) is 10.3. The van der Waals surface area contributed by atoms with E-state index >= 15 is 0 Å². The molecule has 2 aromatic heterocycles. The maximum Gasteiger partial charge on any atom is 0.247 e. The Kier molecular flexibility index (Phi) is 5.63. The van der Waals surface area contributed by atoms with Crippen LogP contribution in [-0.2, 0) is 0 Å². The summed E-state index contributed by atoms with van der Waals surface area (Å²) in [6.07, 6.45) is 1.80. The third kappa shape index (κ3) is 3.84. The van der Waals surface area contributed by atoms with Crippen molar-refractivity contribution in [2.24, 2.45) is 0 Å². The fourth-order valence-corrected chi connectivity index (χ4v) is 4.23. The fourth-order valence-electron chi connectivity index (χ4n) is 3.27. The topological polar surface area (TPSA) is 70.4 Å². The number of benzene rings is 2. The highest BCUT2D eigenvalue weighted by atomic mass is 32.1. The summed E-state index contributed by atoms with van der Waals surface area (Å²) in [4.78, 5) is 25.1. The zero-order valence-corrected chi connectivity index (χ0v) is 17.4. The van der Waals surface area contributed by atoms with E-state index in [4.69, 9.17) is 9.47 Å². The Morgan fingerprint density at radius 2 is 1.80 bits per heavy atom. The molecule has 0 amide bonds. The maximum absolute atomic E-state index is 12.6. The van der Waals surface area contributed by atoms with Gasteiger partial charge in [-0.1, -0.05) is 18.2 Å². The van der Waals surface area contributed by atoms with Crippen LogP contribution in [0.2, 0.25) is 0 Å². The first-order chi connectivity index (χ1) is 14.6. The largest absolute Gasteiger partial charge is 0.493 e. The molecule has 0 fully saturated rings. The number of hydrogen-bond acceptors (Lipinski definition) is 6. The zero-order chi connectivity index (χ0) is 21.1. The lowest BCUT2D eigenvalue weighted by Crippen LogP contribution is -2.13. The van der Waals surface area contributed by atoms with Crippen LogP contribution < -0.4 is 9.47 Å². The third-order valence-corrected chi connectivity index (χ3v) is 5.84. The Morgan fingerprint density at radius 3 is 2.60 bits per heavy atom. The summed E-state index contributed by atoms with van der Waals surface area (Å²) in [6, 6.07) is 14.9. The van der Waals surface area contributed by atoms with E-state index in [1.54, 1.807) is 35.7 Å². The summed E-state index contributed by atoms with van der Waals surface area (Å²) >= 11 is 1.65. The lowest BCUT2D eigenvalue weighted by molar-refractivity contribution is 0.0852. The molecule has 0 aliphatic rings. The van der Waals surface area contributed by atoms with E-state index < -0.39 is 0 Å². The number of thiophene rings is 1. The molecule has 0 radical (unpaired) electrons. The van der Waals surface area contributed by atoms with Crippen LogP contribution in [-0.4, -0.2) is 35.7 Å². The van der Waals surface area contributed by atoms with Crippen LogP contribution >= 0.6 is 11.3 Å². The standard InChI is InChI=1S/C23H20N2O4S/c1-28-20-9-7-15(13-21(20)29-2)19(26)8-10-23(27)25-12-11-18(24-25)17-14-30-22-6-4-3-5-16(17)22/h3-7,9,11-14H,8,10H2,1-2H3. The van der Waals surface area contributed by atoms with Crippen LogP contribution in [0.4, 0.5) is 0 Å². The lowest BCUT2D eigenvalue weighted by Gasteiger charge is -2.09. The number of rotatable bonds is 7. The second-order valence-electron chi connectivity index (χ2n) is 6.68. The summed E-state index contributed by atoms with van der Waals surface area (Å²) in [7, 11) is 3.05. The van der Waals surface area contributed by atoms with Crippen LogP contribution in [0, 0.1) is 0 Å². The second kappa shape index (κ2) is 8.51. The molecule has 30 heavy (non-hydrogen) atoms. The molecular formula is C23H20N2O4S. The second-order valence-corrected chi connectivity index (χ2v) is 7.59. The average molecular weight is 420 g/mol. The van der Waals surface area contributed by atoms with Crippen molar-refractivity contribution in [2.75, 3.05) is 14.2 Å². The molecule has 0 N–H and O–H groups in total. The van der Waals surface area contributed by atoms with Gasteiger partial charge in [-0.05, 0) is 30.3 Å². The molecule has 0 aliphatic carbocycles. The molecule has 0 aliphatic heterocycles. The minimum atomic E-state index is -0.227. The van der Waals surface area contributed by atoms with Crippen molar-refractivity contribution in [1.82, 2.24) is 9.78 Å². The smallest absolute Gasteiger partial charge is 0.247 e. The Labute approximate surface area is 177 Å². The molecule has 152 valence electrons. The first-order valence-electron chi connectivity index (χ1n) is 9.41. The number of Topliss-reactive ketones (excluding diaryl/α,β-unsaturated/α-hetero) is 1. The average Bonchev–Trinajstić information content (AvgIpc) is 3.43. The van der Waals surface area contributed by atoms with Crippen molar-refractivity contribution in [3.05, 3.63) is 65.7 Å². The number of carbonyl (C=O) groups excluding carboxylic acids is 2. The molecule has 0 saturated carbocycles. The number of aromatic nitrogens is 2. The highest BCUT2D eigenvalue weighted by Crippen LogP contribution is 2.33. The molecule has 2 heterocycles. The van der Waals surface area contributed by atoms with Crippen LogP contribution in [0.15, 0.2) is 60.1 Å². The summed E-state index contributed by atoms with van der Waals surface area (Å²) in [5.74, 6) is 0.666. The fraction of sp³-hybridized carbons (Fsp3) is 0.174. The number of ketones is 1. The van der Waals surface area contributed by atoms with Crippen LogP contribution in [0.1, 0.15) is 28.0 Å². The van der Waals surface area contributed by atoms with Gasteiger partial charge >= 0.3 is 0 Å². The van der Waals surface area contributed by atoms with Gasteiger partial charge in [0.2, 0.25) is 5.91 Å². The number of fused-ring (bicyclic) bond motifs is 1. The summed E-state index contributed by atoms with van der Waals surface area (Å²) in [5, 5.41) is 7.59. The van der Waals surface area contributed by atoms with E-state index in [1.807, 2.05) is 29.6 Å². The van der Waals surface area contributed by atoms with Gasteiger partial charge in [0, 0.05) is 45.6 Å². The minimum absolute atomic E-state index is 0.0681. The molecule has 0 atom stereocenters. The molecule has 0 unspecified atom stereocenters. The van der Waals surface area contributed by atoms with Crippen LogP contribution in [0.25, 0.3) is 21.3 Å². The van der Waals surface area contributed by atoms with Gasteiger partial charge in [0.25, 0.3) is 0 Å². The van der Waals surface area contributed by atoms with Crippen LogP contribution in [0.5, 0.6) is 11.5 Å². The molecule has 0 saturated heterocycles. The molecule has 0 bridgehead atoms. The Balaban J connectivity index is 1.44. The van der Waals surface area contributed by atoms with Crippen molar-refractivity contribution < 1.29 is 19.1 Å². The van der Waals surface area contributed by atoms with E-state index in [0.717, 1.165) is 16.6 Å². The van der Waals surface area contributed by atoms with E-state index in [2.05, 4.69) is 11.2 Å². The van der Waals surface area contributed by atoms with Gasteiger partial charge in [0.15, 0.2) is 17.3 Å². The summed E-state index contributed by atoms with van der Waals surface area (Å²) in [5.41, 5.74) is 2.22. The predicted octanol–water partition coefficient (Wildman–Crippen LogP) is 5.09. The SMILES string of the molecule is COc1ccc(C(=O)CCC(=O)n2ccc(-c3csc4ccccc34)n2)cc1OC. The van der Waals surface area contributed by atoms with E-state index in [0.29, 0.717) is 17.1 Å². The molecular weight excluding hydrogens is 400 g/mol. The van der Waals surface area contributed by atoms with Crippen molar-refractivity contribution in [3.63, 3.8) is 0 Å². The van der Waals surface area contributed by atoms with E-state index in [9.17, 15) is 9.59 Å². The quantitative estimate of drug-likeness (QED) is 0.390. The lowest BCUT2D eigenvalue weighted by atomic mass is 10.1. The normalized spacial score (nSPS) is 10.9.